The summed E-state index contributed by atoms with van der Waals surface area (Å²) in [5, 5.41) is 12.5. The summed E-state index contributed by atoms with van der Waals surface area (Å²) in [7, 11) is 0. The average Bonchev–Trinajstić information content (AvgIpc) is 3.10. The topological polar surface area (TPSA) is 70.5 Å². The average molecular weight is 315 g/mol. The summed E-state index contributed by atoms with van der Waals surface area (Å²) >= 11 is 0. The van der Waals surface area contributed by atoms with E-state index in [-0.39, 0.29) is 0 Å². The zero-order valence-corrected chi connectivity index (χ0v) is 13.7. The van der Waals surface area contributed by atoms with Gasteiger partial charge in [-0.25, -0.2) is 4.98 Å². The predicted molar refractivity (Wildman–Crippen MR) is 91.3 cm³/mol. The summed E-state index contributed by atoms with van der Waals surface area (Å²) in [6, 6.07) is 8.00. The van der Waals surface area contributed by atoms with Crippen molar-refractivity contribution in [2.75, 3.05) is 6.61 Å². The minimum Gasteiger partial charge on any atom is -0.494 e. The summed E-state index contributed by atoms with van der Waals surface area (Å²) in [5.41, 5.74) is 3.03. The molecule has 1 aromatic carbocycles. The lowest BCUT2D eigenvalue weighted by Gasteiger charge is -2.08. The molecule has 23 heavy (non-hydrogen) atoms. The van der Waals surface area contributed by atoms with Crippen LogP contribution in [0.1, 0.15) is 43.9 Å². The number of nitrogens with zero attached hydrogens (tertiary/aromatic N) is 2. The number of benzene rings is 1. The maximum atomic E-state index is 9.05. The monoisotopic (exact) mass is 315 g/mol. The molecular weight excluding hydrogens is 290 g/mol. The predicted octanol–water partition coefficient (Wildman–Crippen LogP) is 3.98. The molecule has 2 aromatic rings. The number of hydrogen-bond donors (Lipinski definition) is 2. The van der Waals surface area contributed by atoms with Gasteiger partial charge in [-0.15, -0.1) is 0 Å². The minimum atomic E-state index is 0.673. The van der Waals surface area contributed by atoms with Crippen LogP contribution >= 0.6 is 0 Å². The van der Waals surface area contributed by atoms with E-state index >= 15 is 0 Å². The lowest BCUT2D eigenvalue weighted by Crippen LogP contribution is -2.04. The van der Waals surface area contributed by atoms with Crippen molar-refractivity contribution in [2.24, 2.45) is 5.16 Å². The maximum Gasteiger partial charge on any atom is 0.119 e. The molecule has 0 saturated heterocycles. The number of ether oxygens (including phenoxy) is 1. The third-order valence-electron chi connectivity index (χ3n) is 3.69. The molecule has 5 nitrogen and oxygen atoms in total. The van der Waals surface area contributed by atoms with Gasteiger partial charge in [-0.1, -0.05) is 30.6 Å². The van der Waals surface area contributed by atoms with E-state index in [1.165, 1.54) is 0 Å². The van der Waals surface area contributed by atoms with E-state index in [1.54, 1.807) is 6.33 Å². The number of hydrogen-bond acceptors (Lipinski definition) is 4. The number of nitrogens with one attached hydrogen (secondary N) is 1. The summed E-state index contributed by atoms with van der Waals surface area (Å²) in [5.74, 6) is 0.867. The highest BCUT2D eigenvalue weighted by Gasteiger charge is 2.03. The van der Waals surface area contributed by atoms with Gasteiger partial charge in [0.25, 0.3) is 0 Å². The van der Waals surface area contributed by atoms with E-state index in [2.05, 4.69) is 22.0 Å². The Morgan fingerprint density at radius 2 is 2.09 bits per heavy atom. The Bertz CT molecular complexity index is 577. The smallest absolute Gasteiger partial charge is 0.119 e. The number of aryl methyl sites for hydroxylation is 1. The fourth-order valence-electron chi connectivity index (χ4n) is 2.36. The van der Waals surface area contributed by atoms with Crippen LogP contribution in [0.25, 0.3) is 0 Å². The van der Waals surface area contributed by atoms with E-state index in [4.69, 9.17) is 9.94 Å². The van der Waals surface area contributed by atoms with E-state index in [1.807, 2.05) is 30.5 Å². The molecule has 0 aliphatic heterocycles. The van der Waals surface area contributed by atoms with Crippen LogP contribution in [0.5, 0.6) is 5.75 Å². The quantitative estimate of drug-likeness (QED) is 0.301. The fraction of sp³-hybridized carbons (Fsp3) is 0.444. The molecule has 0 amide bonds. The number of aromatic nitrogens is 2. The summed E-state index contributed by atoms with van der Waals surface area (Å²) < 4.78 is 5.74. The number of imidazole rings is 1. The first-order valence-electron chi connectivity index (χ1n) is 8.21. The molecular formula is C18H25N3O2. The van der Waals surface area contributed by atoms with Crippen LogP contribution in [-0.2, 0) is 12.8 Å². The van der Waals surface area contributed by atoms with Crippen molar-refractivity contribution in [1.29, 1.82) is 0 Å². The minimum absolute atomic E-state index is 0.673. The standard InChI is InChI=1S/C18H25N3O2/c1-2-3-5-16(21-22)12-15-7-9-18(10-8-15)23-11-4-6-17-13-19-14-20-17/h7-10,13-14,22H,2-6,11-12H2,1H3,(H,19,20)/b21-16+. The molecule has 0 spiro atoms. The Labute approximate surface area is 137 Å². The van der Waals surface area contributed by atoms with Crippen LogP contribution in [-0.4, -0.2) is 27.5 Å². The van der Waals surface area contributed by atoms with Crippen molar-refractivity contribution < 1.29 is 9.94 Å². The van der Waals surface area contributed by atoms with Crippen LogP contribution in [0.15, 0.2) is 41.9 Å². The van der Waals surface area contributed by atoms with Crippen molar-refractivity contribution in [3.8, 4) is 5.75 Å². The Kier molecular flexibility index (Phi) is 7.17. The van der Waals surface area contributed by atoms with Crippen LogP contribution in [0.3, 0.4) is 0 Å². The van der Waals surface area contributed by atoms with Crippen LogP contribution in [0.2, 0.25) is 0 Å². The molecule has 0 radical (unpaired) electrons. The summed E-state index contributed by atoms with van der Waals surface area (Å²) in [6.45, 7) is 2.80. The first kappa shape index (κ1) is 17.1. The molecule has 0 aliphatic carbocycles. The van der Waals surface area contributed by atoms with Crippen molar-refractivity contribution in [2.45, 2.75) is 45.4 Å². The molecule has 2 rings (SSSR count). The zero-order chi connectivity index (χ0) is 16.3. The molecule has 0 unspecified atom stereocenters. The van der Waals surface area contributed by atoms with Gasteiger partial charge in [0.1, 0.15) is 5.75 Å². The number of H-pyrrole nitrogens is 1. The van der Waals surface area contributed by atoms with Crippen LogP contribution in [0.4, 0.5) is 0 Å². The highest BCUT2D eigenvalue weighted by atomic mass is 16.5. The number of unbranched alkanes of at least 4 members (excludes halogenated alkanes) is 1. The largest absolute Gasteiger partial charge is 0.494 e. The lowest BCUT2D eigenvalue weighted by molar-refractivity contribution is 0.310. The van der Waals surface area contributed by atoms with Crippen LogP contribution < -0.4 is 4.74 Å². The second-order valence-electron chi connectivity index (χ2n) is 5.60. The van der Waals surface area contributed by atoms with Gasteiger partial charge in [-0.2, -0.15) is 0 Å². The van der Waals surface area contributed by atoms with Gasteiger partial charge in [-0.05, 0) is 43.4 Å². The van der Waals surface area contributed by atoms with Gasteiger partial charge < -0.3 is 14.9 Å². The van der Waals surface area contributed by atoms with E-state index in [9.17, 15) is 0 Å². The van der Waals surface area contributed by atoms with Gasteiger partial charge in [0.15, 0.2) is 0 Å². The first-order chi connectivity index (χ1) is 11.3. The molecule has 0 atom stereocenters. The van der Waals surface area contributed by atoms with E-state index < -0.39 is 0 Å². The SMILES string of the molecule is CCCC/C(Cc1ccc(OCCCc2c[nH]cn2)cc1)=N\O. The van der Waals surface area contributed by atoms with Crippen LogP contribution in [0, 0.1) is 0 Å². The van der Waals surface area contributed by atoms with E-state index in [0.29, 0.717) is 13.0 Å². The van der Waals surface area contributed by atoms with Crippen molar-refractivity contribution >= 4 is 5.71 Å². The van der Waals surface area contributed by atoms with Crippen molar-refractivity contribution in [3.05, 3.63) is 48.0 Å². The Balaban J connectivity index is 1.73. The Morgan fingerprint density at radius 1 is 1.26 bits per heavy atom. The normalized spacial score (nSPS) is 11.6. The second kappa shape index (κ2) is 9.66. The Hall–Kier alpha value is -2.30. The number of oxime groups is 1. The molecule has 0 bridgehead atoms. The second-order valence-corrected chi connectivity index (χ2v) is 5.60. The van der Waals surface area contributed by atoms with Gasteiger partial charge in [0, 0.05) is 12.6 Å². The number of rotatable bonds is 10. The molecule has 2 N–H and O–H groups in total. The highest BCUT2D eigenvalue weighted by Crippen LogP contribution is 2.14. The van der Waals surface area contributed by atoms with E-state index in [0.717, 1.165) is 54.8 Å². The highest BCUT2D eigenvalue weighted by molar-refractivity contribution is 5.86. The van der Waals surface area contributed by atoms with Gasteiger partial charge in [0.05, 0.1) is 24.3 Å². The molecule has 0 saturated carbocycles. The maximum absolute atomic E-state index is 9.05. The molecule has 0 fully saturated rings. The van der Waals surface area contributed by atoms with Gasteiger partial charge in [0.2, 0.25) is 0 Å². The molecule has 0 aliphatic rings. The third-order valence-corrected chi connectivity index (χ3v) is 3.69. The fourth-order valence-corrected chi connectivity index (χ4v) is 2.36. The third kappa shape index (κ3) is 6.14. The molecule has 1 heterocycles. The zero-order valence-electron chi connectivity index (χ0n) is 13.7. The van der Waals surface area contributed by atoms with Gasteiger partial charge in [-0.3, -0.25) is 0 Å². The molecule has 1 aromatic heterocycles. The molecule has 5 heteroatoms. The van der Waals surface area contributed by atoms with Crippen molar-refractivity contribution in [1.82, 2.24) is 9.97 Å². The van der Waals surface area contributed by atoms with Crippen molar-refractivity contribution in [3.63, 3.8) is 0 Å². The summed E-state index contributed by atoms with van der Waals surface area (Å²) in [6.07, 6.45) is 9.14. The first-order valence-corrected chi connectivity index (χ1v) is 8.21. The Morgan fingerprint density at radius 3 is 2.74 bits per heavy atom. The summed E-state index contributed by atoms with van der Waals surface area (Å²) in [4.78, 5) is 7.13. The lowest BCUT2D eigenvalue weighted by atomic mass is 10.0. The molecule has 124 valence electrons. The number of aromatic amines is 1. The van der Waals surface area contributed by atoms with Gasteiger partial charge >= 0.3 is 0 Å².